The van der Waals surface area contributed by atoms with Crippen LogP contribution in [0.5, 0.6) is 5.75 Å². The number of aromatic nitrogens is 1. The number of methoxy groups -OCH3 is 1. The molecule has 2 aliphatic heterocycles. The van der Waals surface area contributed by atoms with E-state index in [2.05, 4.69) is 14.8 Å². The number of thiazole rings is 1. The Morgan fingerprint density at radius 1 is 1.26 bits per heavy atom. The minimum absolute atomic E-state index is 0.148. The van der Waals surface area contributed by atoms with E-state index in [1.54, 1.807) is 18.4 Å². The van der Waals surface area contributed by atoms with E-state index in [1.165, 1.54) is 6.42 Å². The summed E-state index contributed by atoms with van der Waals surface area (Å²) in [4.78, 5) is 21.4. The van der Waals surface area contributed by atoms with E-state index in [1.807, 2.05) is 18.2 Å². The number of piperidine rings is 1. The first kappa shape index (κ1) is 14.8. The number of anilines is 1. The van der Waals surface area contributed by atoms with E-state index < -0.39 is 0 Å². The standard InChI is InChI=1S/C17H21N3O2S/c1-22-13-5-6-15-14(9-13)18-17(23-15)20-10-12(11-20)16(21)19-7-3-2-4-8-19/h5-6,9,12H,2-4,7-8,10-11H2,1H3. The summed E-state index contributed by atoms with van der Waals surface area (Å²) in [6, 6.07) is 5.97. The quantitative estimate of drug-likeness (QED) is 0.867. The number of hydrogen-bond acceptors (Lipinski definition) is 5. The molecular weight excluding hydrogens is 310 g/mol. The van der Waals surface area contributed by atoms with Gasteiger partial charge in [-0.05, 0) is 31.4 Å². The summed E-state index contributed by atoms with van der Waals surface area (Å²) >= 11 is 1.68. The largest absolute Gasteiger partial charge is 0.497 e. The number of hydrogen-bond donors (Lipinski definition) is 0. The van der Waals surface area contributed by atoms with Gasteiger partial charge in [-0.15, -0.1) is 0 Å². The molecule has 0 atom stereocenters. The van der Waals surface area contributed by atoms with Gasteiger partial charge in [-0.3, -0.25) is 4.79 Å². The smallest absolute Gasteiger partial charge is 0.229 e. The molecule has 0 radical (unpaired) electrons. The Balaban J connectivity index is 1.42. The second-order valence-corrected chi connectivity index (χ2v) is 7.33. The van der Waals surface area contributed by atoms with Gasteiger partial charge in [0, 0.05) is 32.2 Å². The molecule has 5 nitrogen and oxygen atoms in total. The van der Waals surface area contributed by atoms with Gasteiger partial charge in [0.15, 0.2) is 5.13 Å². The van der Waals surface area contributed by atoms with Crippen LogP contribution in [0.4, 0.5) is 5.13 Å². The average Bonchev–Trinajstić information content (AvgIpc) is 2.96. The molecular formula is C17H21N3O2S. The molecule has 6 heteroatoms. The van der Waals surface area contributed by atoms with Crippen LogP contribution in [0.3, 0.4) is 0 Å². The van der Waals surface area contributed by atoms with Crippen molar-refractivity contribution < 1.29 is 9.53 Å². The van der Waals surface area contributed by atoms with Gasteiger partial charge in [-0.1, -0.05) is 11.3 Å². The predicted molar refractivity (Wildman–Crippen MR) is 92.3 cm³/mol. The molecule has 122 valence electrons. The number of rotatable bonds is 3. The molecule has 2 aliphatic rings. The van der Waals surface area contributed by atoms with E-state index in [9.17, 15) is 4.79 Å². The van der Waals surface area contributed by atoms with E-state index >= 15 is 0 Å². The SMILES string of the molecule is COc1ccc2sc(N3CC(C(=O)N4CCCCC4)C3)nc2c1. The summed E-state index contributed by atoms with van der Waals surface area (Å²) in [5.74, 6) is 1.31. The van der Waals surface area contributed by atoms with Crippen LogP contribution in [-0.4, -0.2) is 49.1 Å². The fourth-order valence-corrected chi connectivity index (χ4v) is 4.28. The predicted octanol–water partition coefficient (Wildman–Crippen LogP) is 2.75. The third-order valence-corrected chi connectivity index (χ3v) is 5.85. The maximum atomic E-state index is 12.5. The third kappa shape index (κ3) is 2.76. The molecule has 4 rings (SSSR count). The lowest BCUT2D eigenvalue weighted by molar-refractivity contribution is -0.137. The second-order valence-electron chi connectivity index (χ2n) is 6.32. The van der Waals surface area contributed by atoms with Crippen LogP contribution < -0.4 is 9.64 Å². The van der Waals surface area contributed by atoms with Crippen LogP contribution in [0, 0.1) is 5.92 Å². The lowest BCUT2D eigenvalue weighted by Gasteiger charge is -2.41. The molecule has 2 saturated heterocycles. The lowest BCUT2D eigenvalue weighted by Crippen LogP contribution is -2.55. The second kappa shape index (κ2) is 6.00. The average molecular weight is 331 g/mol. The minimum Gasteiger partial charge on any atom is -0.497 e. The lowest BCUT2D eigenvalue weighted by atomic mass is 9.98. The van der Waals surface area contributed by atoms with E-state index in [4.69, 9.17) is 4.74 Å². The number of carbonyl (C=O) groups is 1. The zero-order valence-corrected chi connectivity index (χ0v) is 14.1. The number of likely N-dealkylation sites (tertiary alicyclic amines) is 1. The fourth-order valence-electron chi connectivity index (χ4n) is 3.32. The van der Waals surface area contributed by atoms with Gasteiger partial charge in [-0.2, -0.15) is 0 Å². The zero-order valence-electron chi connectivity index (χ0n) is 13.3. The van der Waals surface area contributed by atoms with E-state index in [0.717, 1.165) is 60.1 Å². The molecule has 0 saturated carbocycles. The molecule has 2 aromatic rings. The maximum absolute atomic E-state index is 12.5. The highest BCUT2D eigenvalue weighted by Crippen LogP contribution is 2.35. The molecule has 0 bridgehead atoms. The van der Waals surface area contributed by atoms with Crippen molar-refractivity contribution in [2.45, 2.75) is 19.3 Å². The highest BCUT2D eigenvalue weighted by Gasteiger charge is 2.37. The molecule has 1 aromatic heterocycles. The minimum atomic E-state index is 0.148. The van der Waals surface area contributed by atoms with Crippen molar-refractivity contribution in [3.05, 3.63) is 18.2 Å². The van der Waals surface area contributed by atoms with Crippen molar-refractivity contribution >= 4 is 32.6 Å². The van der Waals surface area contributed by atoms with Crippen LogP contribution in [0.1, 0.15) is 19.3 Å². The third-order valence-electron chi connectivity index (χ3n) is 4.75. The topological polar surface area (TPSA) is 45.7 Å². The highest BCUT2D eigenvalue weighted by atomic mass is 32.1. The molecule has 0 unspecified atom stereocenters. The highest BCUT2D eigenvalue weighted by molar-refractivity contribution is 7.22. The van der Waals surface area contributed by atoms with Crippen LogP contribution in [0.2, 0.25) is 0 Å². The van der Waals surface area contributed by atoms with Gasteiger partial charge in [-0.25, -0.2) is 4.98 Å². The van der Waals surface area contributed by atoms with Crippen molar-refractivity contribution in [2.24, 2.45) is 5.92 Å². The van der Waals surface area contributed by atoms with Gasteiger partial charge in [0.05, 0.1) is 23.2 Å². The van der Waals surface area contributed by atoms with Crippen molar-refractivity contribution in [2.75, 3.05) is 38.2 Å². The summed E-state index contributed by atoms with van der Waals surface area (Å²) in [6.07, 6.45) is 3.57. The number of benzene rings is 1. The maximum Gasteiger partial charge on any atom is 0.229 e. The fraction of sp³-hybridized carbons (Fsp3) is 0.529. The van der Waals surface area contributed by atoms with Crippen molar-refractivity contribution in [3.63, 3.8) is 0 Å². The summed E-state index contributed by atoms with van der Waals surface area (Å²) < 4.78 is 6.41. The summed E-state index contributed by atoms with van der Waals surface area (Å²) in [5, 5.41) is 1.01. The first-order valence-electron chi connectivity index (χ1n) is 8.23. The van der Waals surface area contributed by atoms with Crippen molar-refractivity contribution in [1.82, 2.24) is 9.88 Å². The Morgan fingerprint density at radius 2 is 2.04 bits per heavy atom. The van der Waals surface area contributed by atoms with Crippen molar-refractivity contribution in [1.29, 1.82) is 0 Å². The number of ether oxygens (including phenoxy) is 1. The van der Waals surface area contributed by atoms with Crippen LogP contribution in [0.25, 0.3) is 10.2 Å². The number of fused-ring (bicyclic) bond motifs is 1. The van der Waals surface area contributed by atoms with E-state index in [-0.39, 0.29) is 5.92 Å². The number of nitrogens with zero attached hydrogens (tertiary/aromatic N) is 3. The summed E-state index contributed by atoms with van der Waals surface area (Å²) in [5.41, 5.74) is 0.968. The molecule has 2 fully saturated rings. The van der Waals surface area contributed by atoms with Crippen LogP contribution >= 0.6 is 11.3 Å². The molecule has 0 aliphatic carbocycles. The molecule has 1 aromatic carbocycles. The van der Waals surface area contributed by atoms with Gasteiger partial charge >= 0.3 is 0 Å². The van der Waals surface area contributed by atoms with Gasteiger partial charge < -0.3 is 14.5 Å². The normalized spacial score (nSPS) is 19.0. The first-order valence-corrected chi connectivity index (χ1v) is 9.04. The van der Waals surface area contributed by atoms with Crippen LogP contribution in [0.15, 0.2) is 18.2 Å². The summed E-state index contributed by atoms with van der Waals surface area (Å²) in [7, 11) is 1.67. The van der Waals surface area contributed by atoms with Gasteiger partial charge in [0.2, 0.25) is 5.91 Å². The Kier molecular flexibility index (Phi) is 3.85. The van der Waals surface area contributed by atoms with Gasteiger partial charge in [0.1, 0.15) is 5.75 Å². The Morgan fingerprint density at radius 3 is 2.78 bits per heavy atom. The van der Waals surface area contributed by atoms with Crippen LogP contribution in [-0.2, 0) is 4.79 Å². The van der Waals surface area contributed by atoms with Gasteiger partial charge in [0.25, 0.3) is 0 Å². The number of amides is 1. The summed E-state index contributed by atoms with van der Waals surface area (Å²) in [6.45, 7) is 3.48. The molecule has 1 amide bonds. The van der Waals surface area contributed by atoms with E-state index in [0.29, 0.717) is 5.91 Å². The molecule has 23 heavy (non-hydrogen) atoms. The Hall–Kier alpha value is -1.82. The zero-order chi connectivity index (χ0) is 15.8. The molecule has 3 heterocycles. The first-order chi connectivity index (χ1) is 11.2. The Bertz CT molecular complexity index is 718. The molecule has 0 N–H and O–H groups in total. The Labute approximate surface area is 139 Å². The van der Waals surface area contributed by atoms with Crippen molar-refractivity contribution in [3.8, 4) is 5.75 Å². The number of carbonyl (C=O) groups excluding carboxylic acids is 1. The molecule has 0 spiro atoms. The monoisotopic (exact) mass is 331 g/mol.